The molecule has 0 aliphatic heterocycles. The summed E-state index contributed by atoms with van der Waals surface area (Å²) in [5.74, 6) is 0.173. The van der Waals surface area contributed by atoms with Gasteiger partial charge in [0.1, 0.15) is 11.5 Å². The first kappa shape index (κ1) is 12.5. The molecule has 18 heavy (non-hydrogen) atoms. The van der Waals surface area contributed by atoms with E-state index in [1.807, 2.05) is 0 Å². The van der Waals surface area contributed by atoms with Crippen LogP contribution in [0, 0.1) is 6.92 Å². The van der Waals surface area contributed by atoms with Crippen molar-refractivity contribution in [1.82, 2.24) is 4.74 Å². The second kappa shape index (κ2) is 5.14. The second-order valence-corrected chi connectivity index (χ2v) is 4.71. The number of phenolic OH excluding ortho intramolecular Hbond substituents is 1. The SMILES string of the molecule is Cc1cc(=O)n(C(=O)CSc2cccc(O)c2)o1. The van der Waals surface area contributed by atoms with Gasteiger partial charge in [-0.2, -0.15) is 0 Å². The lowest BCUT2D eigenvalue weighted by molar-refractivity contribution is 0.0813. The summed E-state index contributed by atoms with van der Waals surface area (Å²) in [6.07, 6.45) is 0. The zero-order valence-electron chi connectivity index (χ0n) is 9.62. The Bertz CT molecular complexity index is 629. The number of phenols is 1. The largest absolute Gasteiger partial charge is 0.508 e. The molecule has 1 N–H and O–H groups in total. The van der Waals surface area contributed by atoms with Crippen molar-refractivity contribution in [2.45, 2.75) is 11.8 Å². The van der Waals surface area contributed by atoms with Crippen LogP contribution in [-0.4, -0.2) is 21.5 Å². The summed E-state index contributed by atoms with van der Waals surface area (Å²) in [6.45, 7) is 1.60. The Balaban J connectivity index is 2.05. The van der Waals surface area contributed by atoms with Crippen LogP contribution in [-0.2, 0) is 0 Å². The molecule has 5 nitrogen and oxygen atoms in total. The van der Waals surface area contributed by atoms with Gasteiger partial charge in [0.05, 0.1) is 5.75 Å². The fourth-order valence-electron chi connectivity index (χ4n) is 1.40. The topological polar surface area (TPSA) is 72.4 Å². The Morgan fingerprint density at radius 2 is 2.22 bits per heavy atom. The number of hydrogen-bond acceptors (Lipinski definition) is 5. The lowest BCUT2D eigenvalue weighted by Gasteiger charge is -2.01. The van der Waals surface area contributed by atoms with E-state index in [0.717, 1.165) is 9.64 Å². The van der Waals surface area contributed by atoms with E-state index >= 15 is 0 Å². The van der Waals surface area contributed by atoms with E-state index in [9.17, 15) is 14.7 Å². The van der Waals surface area contributed by atoms with Gasteiger partial charge in [0, 0.05) is 11.0 Å². The molecule has 0 saturated heterocycles. The van der Waals surface area contributed by atoms with Crippen molar-refractivity contribution in [3.05, 3.63) is 46.4 Å². The van der Waals surface area contributed by atoms with Crippen LogP contribution in [0.3, 0.4) is 0 Å². The van der Waals surface area contributed by atoms with Gasteiger partial charge in [-0.1, -0.05) is 6.07 Å². The van der Waals surface area contributed by atoms with Gasteiger partial charge in [-0.25, -0.2) is 0 Å². The number of aromatic nitrogens is 1. The van der Waals surface area contributed by atoms with E-state index in [-0.39, 0.29) is 11.5 Å². The third-order valence-corrected chi connectivity index (χ3v) is 3.15. The molecule has 1 aromatic carbocycles. The fraction of sp³-hybridized carbons (Fsp3) is 0.167. The average Bonchev–Trinajstić information content (AvgIpc) is 2.66. The van der Waals surface area contributed by atoms with Crippen LogP contribution in [0.5, 0.6) is 5.75 Å². The molecule has 0 aliphatic carbocycles. The van der Waals surface area contributed by atoms with Gasteiger partial charge in [-0.3, -0.25) is 9.59 Å². The van der Waals surface area contributed by atoms with Crippen LogP contribution in [0.25, 0.3) is 0 Å². The van der Waals surface area contributed by atoms with E-state index < -0.39 is 11.5 Å². The first-order valence-electron chi connectivity index (χ1n) is 5.21. The van der Waals surface area contributed by atoms with Crippen molar-refractivity contribution in [2.75, 3.05) is 5.75 Å². The highest BCUT2D eigenvalue weighted by atomic mass is 32.2. The van der Waals surface area contributed by atoms with E-state index in [4.69, 9.17) is 4.52 Å². The van der Waals surface area contributed by atoms with Crippen molar-refractivity contribution in [1.29, 1.82) is 0 Å². The molecule has 0 amide bonds. The van der Waals surface area contributed by atoms with E-state index in [2.05, 4.69) is 0 Å². The summed E-state index contributed by atoms with van der Waals surface area (Å²) < 4.78 is 5.72. The summed E-state index contributed by atoms with van der Waals surface area (Å²) in [5, 5.41) is 9.27. The van der Waals surface area contributed by atoms with Crippen molar-refractivity contribution in [3.8, 4) is 5.75 Å². The average molecular weight is 265 g/mol. The number of nitrogens with zero attached hydrogens (tertiary/aromatic N) is 1. The third-order valence-electron chi connectivity index (χ3n) is 2.17. The van der Waals surface area contributed by atoms with Gasteiger partial charge in [0.15, 0.2) is 0 Å². The molecule has 0 unspecified atom stereocenters. The number of aryl methyl sites for hydroxylation is 1. The standard InChI is InChI=1S/C12H11NO4S/c1-8-5-11(15)13(17-8)12(16)7-18-10-4-2-3-9(14)6-10/h2-6,14H,7H2,1H3. The lowest BCUT2D eigenvalue weighted by atomic mass is 10.3. The lowest BCUT2D eigenvalue weighted by Crippen LogP contribution is -2.23. The second-order valence-electron chi connectivity index (χ2n) is 3.66. The van der Waals surface area contributed by atoms with Gasteiger partial charge < -0.3 is 9.63 Å². The van der Waals surface area contributed by atoms with Crippen LogP contribution in [0.1, 0.15) is 10.6 Å². The van der Waals surface area contributed by atoms with Crippen LogP contribution >= 0.6 is 11.8 Å². The highest BCUT2D eigenvalue weighted by molar-refractivity contribution is 8.00. The molecule has 0 radical (unpaired) electrons. The molecule has 0 saturated carbocycles. The Morgan fingerprint density at radius 3 is 2.83 bits per heavy atom. The molecule has 0 fully saturated rings. The minimum absolute atomic E-state index is 0.0658. The maximum atomic E-state index is 11.7. The summed E-state index contributed by atoms with van der Waals surface area (Å²) in [4.78, 5) is 23.8. The van der Waals surface area contributed by atoms with Crippen LogP contribution in [0.15, 0.2) is 44.5 Å². The van der Waals surface area contributed by atoms with Gasteiger partial charge in [-0.05, 0) is 25.1 Å². The molecule has 2 rings (SSSR count). The molecule has 0 atom stereocenters. The zero-order chi connectivity index (χ0) is 13.1. The third kappa shape index (κ3) is 2.84. The molecule has 6 heteroatoms. The van der Waals surface area contributed by atoms with Crippen molar-refractivity contribution >= 4 is 17.7 Å². The summed E-state index contributed by atoms with van der Waals surface area (Å²) in [5.41, 5.74) is -0.464. The molecular weight excluding hydrogens is 254 g/mol. The monoisotopic (exact) mass is 265 g/mol. The minimum atomic E-state index is -0.464. The van der Waals surface area contributed by atoms with Gasteiger partial charge in [0.25, 0.3) is 11.5 Å². The highest BCUT2D eigenvalue weighted by Gasteiger charge is 2.12. The van der Waals surface area contributed by atoms with Gasteiger partial charge >= 0.3 is 0 Å². The Hall–Kier alpha value is -1.95. The molecule has 0 aliphatic rings. The fourth-order valence-corrected chi connectivity index (χ4v) is 2.18. The van der Waals surface area contributed by atoms with Crippen LogP contribution < -0.4 is 5.56 Å². The Kier molecular flexibility index (Phi) is 3.57. The molecule has 2 aromatic rings. The molecule has 0 bridgehead atoms. The normalized spacial score (nSPS) is 10.5. The van der Waals surface area contributed by atoms with E-state index in [1.54, 1.807) is 31.2 Å². The predicted molar refractivity (Wildman–Crippen MR) is 67.2 cm³/mol. The number of thioether (sulfide) groups is 1. The molecule has 94 valence electrons. The maximum absolute atomic E-state index is 11.7. The summed E-state index contributed by atoms with van der Waals surface area (Å²) >= 11 is 1.23. The first-order valence-corrected chi connectivity index (χ1v) is 6.20. The molecule has 1 aromatic heterocycles. The Labute approximate surface area is 107 Å². The number of benzene rings is 1. The maximum Gasteiger partial charge on any atom is 0.290 e. The number of carbonyl (C=O) groups excluding carboxylic acids is 1. The number of hydrogen-bond donors (Lipinski definition) is 1. The number of carbonyl (C=O) groups is 1. The zero-order valence-corrected chi connectivity index (χ0v) is 10.4. The predicted octanol–water partition coefficient (Wildman–Crippen LogP) is 1.89. The van der Waals surface area contributed by atoms with Gasteiger partial charge in [-0.15, -0.1) is 16.5 Å². The number of aromatic hydroxyl groups is 1. The van der Waals surface area contributed by atoms with E-state index in [0.29, 0.717) is 5.76 Å². The molecule has 0 spiro atoms. The van der Waals surface area contributed by atoms with Crippen LogP contribution in [0.2, 0.25) is 0 Å². The van der Waals surface area contributed by atoms with Crippen molar-refractivity contribution in [2.24, 2.45) is 0 Å². The van der Waals surface area contributed by atoms with E-state index in [1.165, 1.54) is 17.8 Å². The quantitative estimate of drug-likeness (QED) is 0.858. The minimum Gasteiger partial charge on any atom is -0.508 e. The number of rotatable bonds is 3. The Morgan fingerprint density at radius 1 is 1.44 bits per heavy atom. The first-order chi connectivity index (χ1) is 8.56. The smallest absolute Gasteiger partial charge is 0.290 e. The summed E-state index contributed by atoms with van der Waals surface area (Å²) in [6, 6.07) is 7.82. The molecule has 1 heterocycles. The van der Waals surface area contributed by atoms with Crippen LogP contribution in [0.4, 0.5) is 0 Å². The van der Waals surface area contributed by atoms with Crippen molar-refractivity contribution < 1.29 is 14.4 Å². The summed E-state index contributed by atoms with van der Waals surface area (Å²) in [7, 11) is 0. The molecular formula is C12H11NO4S. The van der Waals surface area contributed by atoms with Crippen molar-refractivity contribution in [3.63, 3.8) is 0 Å². The van der Waals surface area contributed by atoms with Gasteiger partial charge in [0.2, 0.25) is 0 Å². The highest BCUT2D eigenvalue weighted by Crippen LogP contribution is 2.22.